The number of amides is 1. The second kappa shape index (κ2) is 4.64. The van der Waals surface area contributed by atoms with Gasteiger partial charge < -0.3 is 19.7 Å². The number of hydrogen-bond donors (Lipinski definition) is 1. The summed E-state index contributed by atoms with van der Waals surface area (Å²) in [6.07, 6.45) is 0.700. The number of carbonyl (C=O) groups excluding carboxylic acids is 1. The fraction of sp³-hybridized carbons (Fsp3) is 0.500. The molecule has 0 aromatic heterocycles. The Hall–Kier alpha value is -1.91. The Morgan fingerprint density at radius 2 is 2.26 bits per heavy atom. The minimum atomic E-state index is -0.241. The molecule has 2 heterocycles. The van der Waals surface area contributed by atoms with E-state index in [-0.39, 0.29) is 6.09 Å². The molecule has 1 amide bonds. The smallest absolute Gasteiger partial charge is 0.409 e. The summed E-state index contributed by atoms with van der Waals surface area (Å²) in [5.41, 5.74) is 2.39. The Kier molecular flexibility index (Phi) is 2.97. The van der Waals surface area contributed by atoms with E-state index in [1.54, 1.807) is 12.0 Å². The van der Waals surface area contributed by atoms with Gasteiger partial charge in [-0.05, 0) is 30.2 Å². The summed E-state index contributed by atoms with van der Waals surface area (Å²) in [6.45, 7) is 1.44. The molecule has 0 aliphatic carbocycles. The summed E-state index contributed by atoms with van der Waals surface area (Å²) in [5.74, 6) is 1.18. The maximum atomic E-state index is 11.6. The molecule has 2 aliphatic heterocycles. The maximum absolute atomic E-state index is 11.6. The second-order valence-electron chi connectivity index (χ2n) is 5.02. The lowest BCUT2D eigenvalue weighted by Crippen LogP contribution is -2.44. The van der Waals surface area contributed by atoms with Crippen molar-refractivity contribution in [2.75, 3.05) is 32.6 Å². The largest absolute Gasteiger partial charge is 0.497 e. The van der Waals surface area contributed by atoms with E-state index in [0.717, 1.165) is 24.4 Å². The van der Waals surface area contributed by atoms with Gasteiger partial charge in [0, 0.05) is 30.7 Å². The highest BCUT2D eigenvalue weighted by molar-refractivity contribution is 5.69. The van der Waals surface area contributed by atoms with Crippen molar-refractivity contribution >= 4 is 11.8 Å². The summed E-state index contributed by atoms with van der Waals surface area (Å²) >= 11 is 0. The van der Waals surface area contributed by atoms with Crippen LogP contribution in [-0.4, -0.2) is 44.3 Å². The molecule has 0 radical (unpaired) electrons. The monoisotopic (exact) mass is 262 g/mol. The van der Waals surface area contributed by atoms with E-state index in [2.05, 4.69) is 17.4 Å². The third-order valence-corrected chi connectivity index (χ3v) is 4.04. The summed E-state index contributed by atoms with van der Waals surface area (Å²) in [5, 5.41) is 3.53. The van der Waals surface area contributed by atoms with E-state index < -0.39 is 0 Å². The van der Waals surface area contributed by atoms with Crippen LogP contribution in [-0.2, 0) is 4.74 Å². The lowest BCUT2D eigenvalue weighted by molar-refractivity contribution is 0.110. The Morgan fingerprint density at radius 3 is 3.00 bits per heavy atom. The van der Waals surface area contributed by atoms with Crippen LogP contribution in [0.15, 0.2) is 18.2 Å². The molecule has 19 heavy (non-hydrogen) atoms. The molecule has 102 valence electrons. The van der Waals surface area contributed by atoms with E-state index in [1.807, 2.05) is 6.07 Å². The molecular weight excluding hydrogens is 244 g/mol. The number of anilines is 1. The first-order chi connectivity index (χ1) is 9.22. The number of rotatable bonds is 1. The molecule has 1 fully saturated rings. The molecule has 0 saturated carbocycles. The topological polar surface area (TPSA) is 50.8 Å². The number of nitrogens with one attached hydrogen (secondary N) is 1. The number of methoxy groups -OCH3 is 2. The minimum Gasteiger partial charge on any atom is -0.497 e. The van der Waals surface area contributed by atoms with Crippen LogP contribution in [0.3, 0.4) is 0 Å². The van der Waals surface area contributed by atoms with E-state index in [1.165, 1.54) is 12.7 Å². The van der Waals surface area contributed by atoms with Gasteiger partial charge in [0.15, 0.2) is 0 Å². The predicted molar refractivity (Wildman–Crippen MR) is 71.7 cm³/mol. The lowest BCUT2D eigenvalue weighted by atomic mass is 9.89. The van der Waals surface area contributed by atoms with Gasteiger partial charge in [-0.3, -0.25) is 0 Å². The number of ether oxygens (including phenoxy) is 2. The van der Waals surface area contributed by atoms with Crippen molar-refractivity contribution in [3.05, 3.63) is 23.8 Å². The van der Waals surface area contributed by atoms with Gasteiger partial charge in [-0.1, -0.05) is 0 Å². The molecule has 2 unspecified atom stereocenters. The van der Waals surface area contributed by atoms with Crippen molar-refractivity contribution in [3.8, 4) is 5.75 Å². The van der Waals surface area contributed by atoms with Crippen LogP contribution in [0.5, 0.6) is 5.75 Å². The van der Waals surface area contributed by atoms with Gasteiger partial charge in [-0.15, -0.1) is 0 Å². The average Bonchev–Trinajstić information content (AvgIpc) is 2.83. The Bertz CT molecular complexity index is 503. The van der Waals surface area contributed by atoms with Crippen molar-refractivity contribution in [2.24, 2.45) is 0 Å². The van der Waals surface area contributed by atoms with Gasteiger partial charge in [-0.2, -0.15) is 0 Å². The number of hydrogen-bond acceptors (Lipinski definition) is 4. The first-order valence-electron chi connectivity index (χ1n) is 6.50. The van der Waals surface area contributed by atoms with Crippen molar-refractivity contribution in [1.82, 2.24) is 4.90 Å². The zero-order chi connectivity index (χ0) is 13.4. The van der Waals surface area contributed by atoms with Crippen LogP contribution >= 0.6 is 0 Å². The lowest BCUT2D eigenvalue weighted by Gasteiger charge is -2.34. The molecule has 3 rings (SSSR count). The third-order valence-electron chi connectivity index (χ3n) is 4.04. The van der Waals surface area contributed by atoms with E-state index in [0.29, 0.717) is 18.5 Å². The Labute approximate surface area is 112 Å². The highest BCUT2D eigenvalue weighted by Gasteiger charge is 2.38. The molecule has 5 heteroatoms. The van der Waals surface area contributed by atoms with Gasteiger partial charge >= 0.3 is 6.09 Å². The molecule has 1 saturated heterocycles. The SMILES string of the molecule is COC(=O)N1CCC2Nc3ccc(OC)cc3C2C1. The van der Waals surface area contributed by atoms with Crippen LogP contribution in [0.4, 0.5) is 10.5 Å². The zero-order valence-corrected chi connectivity index (χ0v) is 11.2. The van der Waals surface area contributed by atoms with Crippen molar-refractivity contribution in [1.29, 1.82) is 0 Å². The molecule has 1 N–H and O–H groups in total. The molecular formula is C14H18N2O3. The molecule has 0 spiro atoms. The quantitative estimate of drug-likeness (QED) is 0.841. The first kappa shape index (κ1) is 12.1. The van der Waals surface area contributed by atoms with Crippen LogP contribution < -0.4 is 10.1 Å². The molecule has 5 nitrogen and oxygen atoms in total. The fourth-order valence-corrected chi connectivity index (χ4v) is 3.04. The molecule has 1 aromatic carbocycles. The summed E-state index contributed by atoms with van der Waals surface area (Å²) in [4.78, 5) is 13.4. The van der Waals surface area contributed by atoms with Gasteiger partial charge in [0.2, 0.25) is 0 Å². The van der Waals surface area contributed by atoms with E-state index >= 15 is 0 Å². The number of carbonyl (C=O) groups is 1. The Morgan fingerprint density at radius 1 is 1.42 bits per heavy atom. The molecule has 2 atom stereocenters. The van der Waals surface area contributed by atoms with Gasteiger partial charge in [0.05, 0.1) is 14.2 Å². The van der Waals surface area contributed by atoms with Gasteiger partial charge in [0.1, 0.15) is 5.75 Å². The van der Waals surface area contributed by atoms with E-state index in [9.17, 15) is 4.79 Å². The van der Waals surface area contributed by atoms with Gasteiger partial charge in [-0.25, -0.2) is 4.79 Å². The summed E-state index contributed by atoms with van der Waals surface area (Å²) in [6, 6.07) is 6.48. The van der Waals surface area contributed by atoms with Crippen LogP contribution in [0.1, 0.15) is 17.9 Å². The summed E-state index contributed by atoms with van der Waals surface area (Å²) in [7, 11) is 3.10. The summed E-state index contributed by atoms with van der Waals surface area (Å²) < 4.78 is 10.1. The first-order valence-corrected chi connectivity index (χ1v) is 6.50. The average molecular weight is 262 g/mol. The highest BCUT2D eigenvalue weighted by Crippen LogP contribution is 2.41. The third kappa shape index (κ3) is 1.99. The molecule has 1 aromatic rings. The van der Waals surface area contributed by atoms with Gasteiger partial charge in [0.25, 0.3) is 0 Å². The predicted octanol–water partition coefficient (Wildman–Crippen LogP) is 2.04. The van der Waals surface area contributed by atoms with Crippen LogP contribution in [0.2, 0.25) is 0 Å². The number of benzene rings is 1. The minimum absolute atomic E-state index is 0.241. The molecule has 0 bridgehead atoms. The van der Waals surface area contributed by atoms with Crippen molar-refractivity contribution < 1.29 is 14.3 Å². The number of fused-ring (bicyclic) bond motifs is 3. The maximum Gasteiger partial charge on any atom is 0.409 e. The van der Waals surface area contributed by atoms with E-state index in [4.69, 9.17) is 9.47 Å². The highest BCUT2D eigenvalue weighted by atomic mass is 16.5. The van der Waals surface area contributed by atoms with Crippen molar-refractivity contribution in [3.63, 3.8) is 0 Å². The Balaban J connectivity index is 1.86. The number of likely N-dealkylation sites (tertiary alicyclic amines) is 1. The van der Waals surface area contributed by atoms with Crippen molar-refractivity contribution in [2.45, 2.75) is 18.4 Å². The normalized spacial score (nSPS) is 24.2. The number of nitrogens with zero attached hydrogens (tertiary/aromatic N) is 1. The fourth-order valence-electron chi connectivity index (χ4n) is 3.04. The van der Waals surface area contributed by atoms with Crippen LogP contribution in [0.25, 0.3) is 0 Å². The standard InChI is InChI=1S/C14H18N2O3/c1-18-9-3-4-12-10(7-9)11-8-16(14(17)19-2)6-5-13(11)15-12/h3-4,7,11,13,15H,5-6,8H2,1-2H3. The number of piperidine rings is 1. The molecule has 2 aliphatic rings. The van der Waals surface area contributed by atoms with Crippen LogP contribution in [0, 0.1) is 0 Å². The zero-order valence-electron chi connectivity index (χ0n) is 11.2. The second-order valence-corrected chi connectivity index (χ2v) is 5.02.